The number of β-amino-alcohol motifs (C(OH)–C–C–N with tert-alkyl or cyclic N) is 1. The van der Waals surface area contributed by atoms with Crippen molar-refractivity contribution in [2.45, 2.75) is 5.60 Å². The molecule has 0 aromatic heterocycles. The molecule has 0 unspecified atom stereocenters. The summed E-state index contributed by atoms with van der Waals surface area (Å²) in [5.74, 6) is 0. The van der Waals surface area contributed by atoms with E-state index in [4.69, 9.17) is 0 Å². The molecule has 0 radical (unpaired) electrons. The van der Waals surface area contributed by atoms with Gasteiger partial charge in [-0.15, -0.1) is 0 Å². The van der Waals surface area contributed by atoms with Crippen LogP contribution in [-0.4, -0.2) is 35.7 Å². The molecule has 2 nitrogen and oxygen atoms in total. The molecule has 0 amide bonds. The lowest BCUT2D eigenvalue weighted by Gasteiger charge is -2.45. The first kappa shape index (κ1) is 11.0. The third kappa shape index (κ3) is 2.22. The molecule has 0 aromatic carbocycles. The molecule has 76 valence electrons. The molecule has 0 atom stereocenters. The van der Waals surface area contributed by atoms with Crippen molar-refractivity contribution in [2.24, 2.45) is 0 Å². The van der Waals surface area contributed by atoms with Gasteiger partial charge >= 0.3 is 0 Å². The predicted octanol–water partition coefficient (Wildman–Crippen LogP) is 1.52. The summed E-state index contributed by atoms with van der Waals surface area (Å²) in [6.07, 6.45) is 8.93. The third-order valence-electron chi connectivity index (χ3n) is 2.31. The smallest absolute Gasteiger partial charge is 0.115 e. The minimum atomic E-state index is -0.706. The van der Waals surface area contributed by atoms with Gasteiger partial charge in [0.05, 0.1) is 0 Å². The number of allylic oxidation sites excluding steroid dienone is 4. The van der Waals surface area contributed by atoms with Crippen LogP contribution in [0.15, 0.2) is 49.1 Å². The van der Waals surface area contributed by atoms with Crippen molar-refractivity contribution < 1.29 is 5.11 Å². The number of aliphatic hydroxyl groups is 1. The summed E-state index contributed by atoms with van der Waals surface area (Å²) in [6, 6.07) is 0. The Kier molecular flexibility index (Phi) is 3.44. The maximum Gasteiger partial charge on any atom is 0.115 e. The van der Waals surface area contributed by atoms with E-state index in [0.717, 1.165) is 5.57 Å². The molecule has 1 saturated heterocycles. The molecule has 1 N–H and O–H groups in total. The standard InChI is InChI=1S/C12H17NO/c1-4-6-8-11(7-5-2)12(14)9-13(3)10-12/h4-8,14H,1-2,9-10H2,3H3/b8-6-,11-7+. The Morgan fingerprint density at radius 3 is 2.43 bits per heavy atom. The summed E-state index contributed by atoms with van der Waals surface area (Å²) in [5.41, 5.74) is 0.188. The fourth-order valence-electron chi connectivity index (χ4n) is 1.69. The first-order valence-electron chi connectivity index (χ1n) is 4.65. The summed E-state index contributed by atoms with van der Waals surface area (Å²) in [7, 11) is 1.98. The zero-order valence-corrected chi connectivity index (χ0v) is 8.61. The molecule has 1 fully saturated rings. The van der Waals surface area contributed by atoms with Crippen LogP contribution in [0.5, 0.6) is 0 Å². The molecular formula is C12H17NO. The van der Waals surface area contributed by atoms with E-state index in [1.165, 1.54) is 0 Å². The normalized spacial score (nSPS) is 22.0. The second kappa shape index (κ2) is 4.40. The molecule has 1 rings (SSSR count). The Labute approximate surface area is 85.5 Å². The number of hydrogen-bond acceptors (Lipinski definition) is 2. The van der Waals surface area contributed by atoms with Crippen molar-refractivity contribution in [1.29, 1.82) is 0 Å². The molecule has 2 heteroatoms. The Balaban J connectivity index is 2.78. The van der Waals surface area contributed by atoms with Gasteiger partial charge < -0.3 is 5.11 Å². The van der Waals surface area contributed by atoms with E-state index in [-0.39, 0.29) is 0 Å². The van der Waals surface area contributed by atoms with Crippen molar-refractivity contribution in [3.63, 3.8) is 0 Å². The van der Waals surface area contributed by atoms with E-state index in [1.54, 1.807) is 12.2 Å². The maximum absolute atomic E-state index is 10.2. The summed E-state index contributed by atoms with van der Waals surface area (Å²) < 4.78 is 0. The van der Waals surface area contributed by atoms with E-state index in [2.05, 4.69) is 18.1 Å². The van der Waals surface area contributed by atoms with Crippen molar-refractivity contribution in [3.8, 4) is 0 Å². The fourth-order valence-corrected chi connectivity index (χ4v) is 1.69. The molecule has 0 saturated carbocycles. The summed E-state index contributed by atoms with van der Waals surface area (Å²) in [4.78, 5) is 2.07. The highest BCUT2D eigenvalue weighted by atomic mass is 16.3. The lowest BCUT2D eigenvalue weighted by molar-refractivity contribution is -0.0534. The lowest BCUT2D eigenvalue weighted by Crippen LogP contribution is -2.60. The number of likely N-dealkylation sites (N-methyl/N-ethyl adjacent to an activating group) is 1. The van der Waals surface area contributed by atoms with Gasteiger partial charge in [0, 0.05) is 13.1 Å². The van der Waals surface area contributed by atoms with Gasteiger partial charge in [-0.05, 0) is 12.6 Å². The van der Waals surface area contributed by atoms with E-state index in [9.17, 15) is 5.11 Å². The number of likely N-dealkylation sites (tertiary alicyclic amines) is 1. The SMILES string of the molecule is C=C/C=C\C(=C/C=C)C1(O)CN(C)C1. The average molecular weight is 191 g/mol. The van der Waals surface area contributed by atoms with E-state index in [1.807, 2.05) is 25.3 Å². The van der Waals surface area contributed by atoms with Crippen molar-refractivity contribution in [2.75, 3.05) is 20.1 Å². The van der Waals surface area contributed by atoms with Gasteiger partial charge in [-0.2, -0.15) is 0 Å². The van der Waals surface area contributed by atoms with Gasteiger partial charge in [0.2, 0.25) is 0 Å². The maximum atomic E-state index is 10.2. The van der Waals surface area contributed by atoms with Crippen molar-refractivity contribution in [1.82, 2.24) is 4.90 Å². The third-order valence-corrected chi connectivity index (χ3v) is 2.31. The molecule has 14 heavy (non-hydrogen) atoms. The van der Waals surface area contributed by atoms with Crippen LogP contribution in [0, 0.1) is 0 Å². The van der Waals surface area contributed by atoms with E-state index in [0.29, 0.717) is 13.1 Å². The van der Waals surface area contributed by atoms with Crippen LogP contribution in [0.3, 0.4) is 0 Å². The zero-order chi connectivity index (χ0) is 10.6. The number of nitrogens with zero attached hydrogens (tertiary/aromatic N) is 1. The first-order chi connectivity index (χ1) is 6.62. The van der Waals surface area contributed by atoms with Gasteiger partial charge in [0.15, 0.2) is 0 Å². The Hall–Kier alpha value is -1.12. The quantitative estimate of drug-likeness (QED) is 0.681. The van der Waals surface area contributed by atoms with E-state index < -0.39 is 5.60 Å². The first-order valence-corrected chi connectivity index (χ1v) is 4.65. The van der Waals surface area contributed by atoms with Gasteiger partial charge in [0.1, 0.15) is 5.60 Å². The molecule has 1 heterocycles. The van der Waals surface area contributed by atoms with E-state index >= 15 is 0 Å². The minimum absolute atomic E-state index is 0.675. The van der Waals surface area contributed by atoms with Crippen LogP contribution in [0.25, 0.3) is 0 Å². The monoisotopic (exact) mass is 191 g/mol. The van der Waals surface area contributed by atoms with Crippen LogP contribution in [0.2, 0.25) is 0 Å². The Morgan fingerprint density at radius 2 is 2.00 bits per heavy atom. The van der Waals surface area contributed by atoms with Crippen LogP contribution in [-0.2, 0) is 0 Å². The molecule has 1 aliphatic rings. The van der Waals surface area contributed by atoms with Gasteiger partial charge in [-0.1, -0.05) is 43.5 Å². The largest absolute Gasteiger partial charge is 0.382 e. The van der Waals surface area contributed by atoms with Crippen LogP contribution < -0.4 is 0 Å². The number of rotatable bonds is 4. The van der Waals surface area contributed by atoms with Crippen molar-refractivity contribution >= 4 is 0 Å². The second-order valence-corrected chi connectivity index (χ2v) is 3.66. The predicted molar refractivity (Wildman–Crippen MR) is 60.1 cm³/mol. The van der Waals surface area contributed by atoms with Gasteiger partial charge in [-0.25, -0.2) is 0 Å². The van der Waals surface area contributed by atoms with Gasteiger partial charge in [0.25, 0.3) is 0 Å². The molecule has 0 spiro atoms. The highest BCUT2D eigenvalue weighted by Crippen LogP contribution is 2.28. The minimum Gasteiger partial charge on any atom is -0.382 e. The summed E-state index contributed by atoms with van der Waals surface area (Å²) in [5, 5.41) is 10.2. The second-order valence-electron chi connectivity index (χ2n) is 3.66. The molecule has 0 aliphatic carbocycles. The molecular weight excluding hydrogens is 174 g/mol. The highest BCUT2D eigenvalue weighted by molar-refractivity contribution is 5.36. The Morgan fingerprint density at radius 1 is 1.36 bits per heavy atom. The van der Waals surface area contributed by atoms with Crippen LogP contribution >= 0.6 is 0 Å². The lowest BCUT2D eigenvalue weighted by atomic mass is 9.85. The van der Waals surface area contributed by atoms with Gasteiger partial charge in [-0.3, -0.25) is 4.90 Å². The summed E-state index contributed by atoms with van der Waals surface area (Å²) >= 11 is 0. The Bertz CT molecular complexity index is 283. The topological polar surface area (TPSA) is 23.5 Å². The molecule has 0 bridgehead atoms. The van der Waals surface area contributed by atoms with Crippen molar-refractivity contribution in [3.05, 3.63) is 49.1 Å². The summed E-state index contributed by atoms with van der Waals surface area (Å²) in [6.45, 7) is 8.59. The fraction of sp³-hybridized carbons (Fsp3) is 0.333. The average Bonchev–Trinajstić information content (AvgIpc) is 2.09. The van der Waals surface area contributed by atoms with Crippen LogP contribution in [0.4, 0.5) is 0 Å². The van der Waals surface area contributed by atoms with Crippen LogP contribution in [0.1, 0.15) is 0 Å². The molecule has 1 aliphatic heterocycles. The number of hydrogen-bond donors (Lipinski definition) is 1. The zero-order valence-electron chi connectivity index (χ0n) is 8.61. The molecule has 0 aromatic rings. The highest BCUT2D eigenvalue weighted by Gasteiger charge is 2.40.